The predicted molar refractivity (Wildman–Crippen MR) is 81.6 cm³/mol. The van der Waals surface area contributed by atoms with Gasteiger partial charge in [0, 0.05) is 18.2 Å². The number of hydrogen-bond acceptors (Lipinski definition) is 3. The maximum absolute atomic E-state index is 10.6. The van der Waals surface area contributed by atoms with E-state index in [1.165, 1.54) is 0 Å². The summed E-state index contributed by atoms with van der Waals surface area (Å²) in [6.45, 7) is 3.47. The average molecular weight is 290 g/mol. The Morgan fingerprint density at radius 1 is 1.52 bits per heavy atom. The molecule has 0 bridgehead atoms. The normalized spacial score (nSPS) is 18.2. The molecule has 1 aliphatic rings. The van der Waals surface area contributed by atoms with Crippen LogP contribution >= 0.6 is 0 Å². The zero-order chi connectivity index (χ0) is 15.1. The lowest BCUT2D eigenvalue weighted by Crippen LogP contribution is -2.08. The highest BCUT2D eigenvalue weighted by Crippen LogP contribution is 2.25. The van der Waals surface area contributed by atoms with Crippen LogP contribution in [0.4, 0.5) is 0 Å². The molecular formula is C17H22O4. The summed E-state index contributed by atoms with van der Waals surface area (Å²) in [5, 5.41) is 8.73. The van der Waals surface area contributed by atoms with E-state index < -0.39 is 5.97 Å². The molecular weight excluding hydrogens is 268 g/mol. The Labute approximate surface area is 125 Å². The van der Waals surface area contributed by atoms with Crippen LogP contribution in [0.15, 0.2) is 24.3 Å². The van der Waals surface area contributed by atoms with E-state index in [0.29, 0.717) is 12.7 Å². The highest BCUT2D eigenvalue weighted by Gasteiger charge is 2.14. The highest BCUT2D eigenvalue weighted by atomic mass is 16.5. The van der Waals surface area contributed by atoms with Gasteiger partial charge in [-0.2, -0.15) is 0 Å². The van der Waals surface area contributed by atoms with E-state index in [1.54, 1.807) is 6.08 Å². The number of aryl methyl sites for hydroxylation is 1. The molecule has 0 aliphatic carbocycles. The first-order valence-electron chi connectivity index (χ1n) is 7.42. The molecule has 4 heteroatoms. The average Bonchev–Trinajstić information content (AvgIpc) is 2.96. The van der Waals surface area contributed by atoms with Gasteiger partial charge in [0.2, 0.25) is 0 Å². The van der Waals surface area contributed by atoms with E-state index in [0.717, 1.165) is 55.2 Å². The maximum atomic E-state index is 10.6. The van der Waals surface area contributed by atoms with Gasteiger partial charge in [-0.25, -0.2) is 4.79 Å². The van der Waals surface area contributed by atoms with Crippen LogP contribution in [0.2, 0.25) is 0 Å². The first kappa shape index (κ1) is 15.6. The summed E-state index contributed by atoms with van der Waals surface area (Å²) in [7, 11) is 0. The topological polar surface area (TPSA) is 55.8 Å². The summed E-state index contributed by atoms with van der Waals surface area (Å²) in [5.41, 5.74) is 1.81. The van der Waals surface area contributed by atoms with Crippen molar-refractivity contribution in [3.63, 3.8) is 0 Å². The lowest BCUT2D eigenvalue weighted by atomic mass is 10.1. The predicted octanol–water partition coefficient (Wildman–Crippen LogP) is 3.43. The van der Waals surface area contributed by atoms with Gasteiger partial charge >= 0.3 is 5.97 Å². The minimum atomic E-state index is -0.958. The van der Waals surface area contributed by atoms with Gasteiger partial charge in [-0.3, -0.25) is 0 Å². The second-order valence-corrected chi connectivity index (χ2v) is 5.29. The minimum absolute atomic E-state index is 0.386. The van der Waals surface area contributed by atoms with Gasteiger partial charge in [-0.05, 0) is 44.2 Å². The van der Waals surface area contributed by atoms with Crippen LogP contribution in [0.25, 0.3) is 6.08 Å². The molecule has 1 unspecified atom stereocenters. The van der Waals surface area contributed by atoms with E-state index >= 15 is 0 Å². The Morgan fingerprint density at radius 2 is 2.38 bits per heavy atom. The molecule has 1 aromatic rings. The summed E-state index contributed by atoms with van der Waals surface area (Å²) >= 11 is 0. The number of carboxylic acids is 1. The second kappa shape index (κ2) is 7.84. The van der Waals surface area contributed by atoms with Gasteiger partial charge in [0.25, 0.3) is 0 Å². The van der Waals surface area contributed by atoms with E-state index in [4.69, 9.17) is 14.6 Å². The molecule has 1 N–H and O–H groups in total. The first-order valence-corrected chi connectivity index (χ1v) is 7.42. The van der Waals surface area contributed by atoms with Gasteiger partial charge in [0.15, 0.2) is 0 Å². The summed E-state index contributed by atoms with van der Waals surface area (Å²) < 4.78 is 11.4. The Hall–Kier alpha value is -1.81. The van der Waals surface area contributed by atoms with Crippen LogP contribution < -0.4 is 4.74 Å². The molecule has 1 fully saturated rings. The molecule has 0 radical (unpaired) electrons. The van der Waals surface area contributed by atoms with Crippen molar-refractivity contribution in [2.45, 2.75) is 38.7 Å². The number of ether oxygens (including phenoxy) is 2. The molecule has 0 aromatic heterocycles. The van der Waals surface area contributed by atoms with Crippen molar-refractivity contribution in [3.8, 4) is 5.75 Å². The molecule has 21 heavy (non-hydrogen) atoms. The van der Waals surface area contributed by atoms with Gasteiger partial charge in [-0.15, -0.1) is 0 Å². The Bertz CT molecular complexity index is 502. The van der Waals surface area contributed by atoms with Crippen LogP contribution in [-0.2, 0) is 9.53 Å². The summed E-state index contributed by atoms with van der Waals surface area (Å²) in [6.07, 6.45) is 7.37. The van der Waals surface area contributed by atoms with Crippen molar-refractivity contribution in [1.29, 1.82) is 0 Å². The first-order chi connectivity index (χ1) is 10.2. The Balaban J connectivity index is 1.90. The van der Waals surface area contributed by atoms with Crippen LogP contribution in [-0.4, -0.2) is 30.4 Å². The van der Waals surface area contributed by atoms with Crippen LogP contribution in [0.3, 0.4) is 0 Å². The highest BCUT2D eigenvalue weighted by molar-refractivity contribution is 5.86. The number of para-hydroxylation sites is 1. The third-order valence-electron chi connectivity index (χ3n) is 3.59. The van der Waals surface area contributed by atoms with Crippen molar-refractivity contribution >= 4 is 12.0 Å². The smallest absolute Gasteiger partial charge is 0.328 e. The summed E-state index contributed by atoms with van der Waals surface area (Å²) in [6, 6.07) is 5.73. The van der Waals surface area contributed by atoms with E-state index in [-0.39, 0.29) is 0 Å². The quantitative estimate of drug-likeness (QED) is 0.617. The number of carboxylic acid groups (broad SMARTS) is 1. The van der Waals surface area contributed by atoms with Crippen molar-refractivity contribution < 1.29 is 19.4 Å². The molecule has 1 atom stereocenters. The molecule has 1 saturated heterocycles. The fourth-order valence-corrected chi connectivity index (χ4v) is 2.52. The summed E-state index contributed by atoms with van der Waals surface area (Å²) in [4.78, 5) is 10.6. The van der Waals surface area contributed by atoms with Crippen molar-refractivity contribution in [1.82, 2.24) is 0 Å². The number of carbonyl (C=O) groups is 1. The zero-order valence-electron chi connectivity index (χ0n) is 12.4. The van der Waals surface area contributed by atoms with E-state index in [1.807, 2.05) is 25.1 Å². The van der Waals surface area contributed by atoms with Crippen molar-refractivity contribution in [3.05, 3.63) is 35.4 Å². The van der Waals surface area contributed by atoms with Gasteiger partial charge < -0.3 is 14.6 Å². The largest absolute Gasteiger partial charge is 0.493 e. The van der Waals surface area contributed by atoms with E-state index in [2.05, 4.69) is 0 Å². The minimum Gasteiger partial charge on any atom is -0.493 e. The lowest BCUT2D eigenvalue weighted by Gasteiger charge is -2.13. The number of hydrogen-bond donors (Lipinski definition) is 1. The fourth-order valence-electron chi connectivity index (χ4n) is 2.52. The molecule has 1 aliphatic heterocycles. The molecule has 0 saturated carbocycles. The van der Waals surface area contributed by atoms with Gasteiger partial charge in [0.1, 0.15) is 5.75 Å². The van der Waals surface area contributed by atoms with Crippen molar-refractivity contribution in [2.75, 3.05) is 13.2 Å². The number of aliphatic carboxylic acids is 1. The molecule has 114 valence electrons. The Morgan fingerprint density at radius 3 is 3.10 bits per heavy atom. The third kappa shape index (κ3) is 4.90. The molecule has 4 nitrogen and oxygen atoms in total. The summed E-state index contributed by atoms with van der Waals surface area (Å²) in [5.74, 6) is -0.192. The van der Waals surface area contributed by atoms with Crippen molar-refractivity contribution in [2.24, 2.45) is 0 Å². The fraction of sp³-hybridized carbons (Fsp3) is 0.471. The molecule has 1 aromatic carbocycles. The van der Waals surface area contributed by atoms with Crippen LogP contribution in [0.1, 0.15) is 36.8 Å². The second-order valence-electron chi connectivity index (χ2n) is 5.29. The Kier molecular flexibility index (Phi) is 5.81. The van der Waals surface area contributed by atoms with Gasteiger partial charge in [-0.1, -0.05) is 18.2 Å². The maximum Gasteiger partial charge on any atom is 0.328 e. The van der Waals surface area contributed by atoms with Crippen LogP contribution in [0, 0.1) is 6.92 Å². The lowest BCUT2D eigenvalue weighted by molar-refractivity contribution is -0.131. The molecule has 0 amide bonds. The third-order valence-corrected chi connectivity index (χ3v) is 3.59. The van der Waals surface area contributed by atoms with Crippen LogP contribution in [0.5, 0.6) is 5.75 Å². The number of benzene rings is 1. The van der Waals surface area contributed by atoms with E-state index in [9.17, 15) is 4.79 Å². The molecule has 2 rings (SSSR count). The van der Waals surface area contributed by atoms with Gasteiger partial charge in [0.05, 0.1) is 12.7 Å². The standard InChI is InChI=1S/C17H22O4/c1-13-5-2-6-14(9-10-16(18)19)17(13)21-12-4-8-15-7-3-11-20-15/h2,5-6,9-10,15H,3-4,7-8,11-12H2,1H3,(H,18,19)/b10-9+. The SMILES string of the molecule is Cc1cccc(/C=C/C(=O)O)c1OCCCC1CCCO1. The monoisotopic (exact) mass is 290 g/mol. The zero-order valence-corrected chi connectivity index (χ0v) is 12.4. The molecule has 0 spiro atoms. The number of rotatable bonds is 7. The molecule has 1 heterocycles.